The molecule has 43 heavy (non-hydrogen) atoms. The van der Waals surface area contributed by atoms with Crippen LogP contribution < -0.4 is 19.1 Å². The molecule has 230 valence electrons. The molecule has 3 aromatic rings. The Hall–Kier alpha value is -4.05. The van der Waals surface area contributed by atoms with Gasteiger partial charge < -0.3 is 19.7 Å². The minimum absolute atomic E-state index is 0.0385. The van der Waals surface area contributed by atoms with E-state index in [1.807, 2.05) is 12.1 Å². The molecule has 0 aromatic heterocycles. The van der Waals surface area contributed by atoms with Crippen molar-refractivity contribution < 1.29 is 27.5 Å². The number of nitrogens with one attached hydrogen (secondary N) is 1. The maximum absolute atomic E-state index is 14.2. The summed E-state index contributed by atoms with van der Waals surface area (Å²) in [5.41, 5.74) is 0.986. The van der Waals surface area contributed by atoms with Gasteiger partial charge in [-0.05, 0) is 68.7 Å². The summed E-state index contributed by atoms with van der Waals surface area (Å²) in [7, 11) is -2.63. The number of amides is 2. The molecule has 1 unspecified atom stereocenters. The molecule has 9 nitrogen and oxygen atoms in total. The summed E-state index contributed by atoms with van der Waals surface area (Å²) < 4.78 is 40.3. The fourth-order valence-electron chi connectivity index (χ4n) is 5.29. The summed E-state index contributed by atoms with van der Waals surface area (Å²) in [6.45, 7) is 3.35. The molecular weight excluding hydrogens is 566 g/mol. The zero-order valence-electron chi connectivity index (χ0n) is 25.1. The Morgan fingerprint density at radius 1 is 0.953 bits per heavy atom. The van der Waals surface area contributed by atoms with Gasteiger partial charge in [0.2, 0.25) is 11.8 Å². The Labute approximate surface area is 254 Å². The van der Waals surface area contributed by atoms with E-state index in [2.05, 4.69) is 5.32 Å². The summed E-state index contributed by atoms with van der Waals surface area (Å²) in [5, 5.41) is 3.12. The number of nitrogens with zero attached hydrogens (tertiary/aromatic N) is 2. The van der Waals surface area contributed by atoms with Crippen LogP contribution in [0.2, 0.25) is 0 Å². The number of anilines is 1. The highest BCUT2D eigenvalue weighted by Gasteiger charge is 2.34. The van der Waals surface area contributed by atoms with Crippen molar-refractivity contribution in [3.05, 3.63) is 84.4 Å². The topological polar surface area (TPSA) is 105 Å². The smallest absolute Gasteiger partial charge is 0.264 e. The monoisotopic (exact) mass is 607 g/mol. The molecule has 0 aliphatic heterocycles. The molecule has 0 spiro atoms. The first-order chi connectivity index (χ1) is 20.7. The quantitative estimate of drug-likeness (QED) is 0.288. The lowest BCUT2D eigenvalue weighted by atomic mass is 9.95. The second-order valence-corrected chi connectivity index (χ2v) is 12.5. The molecule has 0 saturated heterocycles. The Balaban J connectivity index is 1.71. The number of sulfonamides is 1. The first-order valence-corrected chi connectivity index (χ1v) is 16.2. The lowest BCUT2D eigenvalue weighted by Gasteiger charge is -2.33. The van der Waals surface area contributed by atoms with E-state index in [-0.39, 0.29) is 29.1 Å². The maximum atomic E-state index is 14.2. The predicted molar refractivity (Wildman–Crippen MR) is 167 cm³/mol. The summed E-state index contributed by atoms with van der Waals surface area (Å²) in [5.74, 6) is 0.151. The third-order valence-electron chi connectivity index (χ3n) is 7.65. The van der Waals surface area contributed by atoms with Crippen LogP contribution in [0.4, 0.5) is 5.69 Å². The summed E-state index contributed by atoms with van der Waals surface area (Å²) >= 11 is 0. The molecule has 1 aliphatic carbocycles. The fourth-order valence-corrected chi connectivity index (χ4v) is 6.74. The van der Waals surface area contributed by atoms with Gasteiger partial charge >= 0.3 is 0 Å². The van der Waals surface area contributed by atoms with E-state index in [4.69, 9.17) is 9.47 Å². The van der Waals surface area contributed by atoms with E-state index < -0.39 is 28.5 Å². The number of hydrogen-bond acceptors (Lipinski definition) is 6. The normalized spacial score (nSPS) is 14.4. The van der Waals surface area contributed by atoms with Crippen molar-refractivity contribution in [2.45, 2.75) is 69.5 Å². The van der Waals surface area contributed by atoms with E-state index in [1.54, 1.807) is 75.6 Å². The molecule has 1 atom stereocenters. The average Bonchev–Trinajstić information content (AvgIpc) is 3.03. The molecule has 0 radical (unpaired) electrons. The molecular formula is C33H41N3O6S. The van der Waals surface area contributed by atoms with Crippen LogP contribution in [0.15, 0.2) is 83.8 Å². The summed E-state index contributed by atoms with van der Waals surface area (Å²) in [6.07, 6.45) is 5.06. The standard InChI is InChI=1S/C33H41N3O6S/c1-4-42-31-21-12-11-20-30(31)36(43(39,40)29-18-9-6-10-19-29)24-32(37)35(23-26-14-13-17-28(22-26)41-3)25(2)33(38)34-27-15-7-5-8-16-27/h6,9-14,17-22,25,27H,4-5,7-8,15-16,23-24H2,1-3H3,(H,34,38). The number of ether oxygens (including phenoxy) is 2. The van der Waals surface area contributed by atoms with Gasteiger partial charge in [-0.1, -0.05) is 61.7 Å². The van der Waals surface area contributed by atoms with Crippen LogP contribution in [0, 0.1) is 0 Å². The summed E-state index contributed by atoms with van der Waals surface area (Å²) in [4.78, 5) is 29.2. The highest BCUT2D eigenvalue weighted by Crippen LogP contribution is 2.33. The van der Waals surface area contributed by atoms with Crippen LogP contribution >= 0.6 is 0 Å². The molecule has 2 amide bonds. The van der Waals surface area contributed by atoms with Gasteiger partial charge in [0.1, 0.15) is 24.1 Å². The molecule has 1 saturated carbocycles. The molecule has 1 fully saturated rings. The molecule has 10 heteroatoms. The van der Waals surface area contributed by atoms with Crippen LogP contribution in [0.3, 0.4) is 0 Å². The Morgan fingerprint density at radius 2 is 1.65 bits per heavy atom. The van der Waals surface area contributed by atoms with Crippen molar-refractivity contribution in [3.8, 4) is 11.5 Å². The molecule has 3 aromatic carbocycles. The Morgan fingerprint density at radius 3 is 2.35 bits per heavy atom. The van der Waals surface area contributed by atoms with Crippen LogP contribution in [0.1, 0.15) is 51.5 Å². The van der Waals surface area contributed by atoms with Crippen molar-refractivity contribution in [2.24, 2.45) is 0 Å². The Kier molecular flexibility index (Phi) is 11.1. The summed E-state index contributed by atoms with van der Waals surface area (Å²) in [6, 6.07) is 21.2. The average molecular weight is 608 g/mol. The minimum atomic E-state index is -4.19. The first-order valence-electron chi connectivity index (χ1n) is 14.8. The first kappa shape index (κ1) is 31.9. The predicted octanol–water partition coefficient (Wildman–Crippen LogP) is 5.16. The van der Waals surface area contributed by atoms with Gasteiger partial charge in [0.25, 0.3) is 10.0 Å². The zero-order valence-corrected chi connectivity index (χ0v) is 25.9. The number of carbonyl (C=O) groups excluding carboxylic acids is 2. The molecule has 0 heterocycles. The van der Waals surface area contributed by atoms with Crippen molar-refractivity contribution in [3.63, 3.8) is 0 Å². The van der Waals surface area contributed by atoms with E-state index in [0.717, 1.165) is 42.0 Å². The molecule has 4 rings (SSSR count). The van der Waals surface area contributed by atoms with Crippen molar-refractivity contribution in [2.75, 3.05) is 24.6 Å². The van der Waals surface area contributed by atoms with Gasteiger partial charge in [-0.3, -0.25) is 13.9 Å². The molecule has 0 bridgehead atoms. The van der Waals surface area contributed by atoms with Gasteiger partial charge in [0.05, 0.1) is 24.3 Å². The van der Waals surface area contributed by atoms with Crippen molar-refractivity contribution in [1.82, 2.24) is 10.2 Å². The van der Waals surface area contributed by atoms with Gasteiger partial charge in [0.15, 0.2) is 0 Å². The number of methoxy groups -OCH3 is 1. The SMILES string of the molecule is CCOc1ccccc1N(CC(=O)N(Cc1cccc(OC)c1)C(C)C(=O)NC1CCCCC1)S(=O)(=O)c1ccccc1. The molecule has 1 aliphatic rings. The van der Waals surface area contributed by atoms with Gasteiger partial charge in [0, 0.05) is 12.6 Å². The van der Waals surface area contributed by atoms with E-state index in [9.17, 15) is 18.0 Å². The van der Waals surface area contributed by atoms with Crippen molar-refractivity contribution in [1.29, 1.82) is 0 Å². The lowest BCUT2D eigenvalue weighted by Crippen LogP contribution is -2.53. The second-order valence-electron chi connectivity index (χ2n) is 10.6. The Bertz CT molecular complexity index is 1470. The number of para-hydroxylation sites is 2. The van der Waals surface area contributed by atoms with Crippen LogP contribution in [-0.2, 0) is 26.2 Å². The van der Waals surface area contributed by atoms with E-state index >= 15 is 0 Å². The number of hydrogen-bond donors (Lipinski definition) is 1. The van der Waals surface area contributed by atoms with Crippen LogP contribution in [-0.4, -0.2) is 57.5 Å². The van der Waals surface area contributed by atoms with Crippen LogP contribution in [0.25, 0.3) is 0 Å². The van der Waals surface area contributed by atoms with Gasteiger partial charge in [-0.25, -0.2) is 8.42 Å². The van der Waals surface area contributed by atoms with Crippen molar-refractivity contribution >= 4 is 27.5 Å². The largest absolute Gasteiger partial charge is 0.497 e. The number of benzene rings is 3. The van der Waals surface area contributed by atoms with E-state index in [1.165, 1.54) is 17.0 Å². The minimum Gasteiger partial charge on any atom is -0.497 e. The number of carbonyl (C=O) groups is 2. The third kappa shape index (κ3) is 8.07. The second kappa shape index (κ2) is 14.9. The highest BCUT2D eigenvalue weighted by molar-refractivity contribution is 7.92. The van der Waals surface area contributed by atoms with Gasteiger partial charge in [-0.2, -0.15) is 0 Å². The zero-order chi connectivity index (χ0) is 30.8. The molecule has 1 N–H and O–H groups in total. The fraction of sp³-hybridized carbons (Fsp3) is 0.394. The van der Waals surface area contributed by atoms with Crippen LogP contribution in [0.5, 0.6) is 11.5 Å². The highest BCUT2D eigenvalue weighted by atomic mass is 32.2. The van der Waals surface area contributed by atoms with Gasteiger partial charge in [-0.15, -0.1) is 0 Å². The third-order valence-corrected chi connectivity index (χ3v) is 9.42. The lowest BCUT2D eigenvalue weighted by molar-refractivity contribution is -0.139. The number of rotatable bonds is 13. The maximum Gasteiger partial charge on any atom is 0.264 e. The van der Waals surface area contributed by atoms with E-state index in [0.29, 0.717) is 18.1 Å².